The van der Waals surface area contributed by atoms with Crippen molar-refractivity contribution in [3.05, 3.63) is 34.1 Å². The van der Waals surface area contributed by atoms with Gasteiger partial charge in [0.1, 0.15) is 0 Å². The molecule has 0 saturated carbocycles. The van der Waals surface area contributed by atoms with E-state index in [2.05, 4.69) is 10.1 Å². The highest BCUT2D eigenvalue weighted by atomic mass is 32.1. The monoisotopic (exact) mass is 361 g/mol. The minimum atomic E-state index is -0.0930. The second kappa shape index (κ2) is 6.88. The predicted molar refractivity (Wildman–Crippen MR) is 93.6 cm³/mol. The van der Waals surface area contributed by atoms with Crippen molar-refractivity contribution in [3.63, 3.8) is 0 Å². The zero-order valence-corrected chi connectivity index (χ0v) is 15.3. The van der Waals surface area contributed by atoms with E-state index in [1.807, 2.05) is 29.3 Å². The molecule has 1 amide bonds. The van der Waals surface area contributed by atoms with Gasteiger partial charge in [-0.3, -0.25) is 4.79 Å². The Morgan fingerprint density at radius 1 is 1.44 bits per heavy atom. The number of hydrogen-bond donors (Lipinski definition) is 0. The van der Waals surface area contributed by atoms with E-state index in [0.717, 1.165) is 62.6 Å². The van der Waals surface area contributed by atoms with Gasteiger partial charge in [-0.2, -0.15) is 4.98 Å². The summed E-state index contributed by atoms with van der Waals surface area (Å²) in [5.41, 5.74) is -0.0930. The molecule has 134 valence electrons. The zero-order valence-electron chi connectivity index (χ0n) is 14.4. The maximum atomic E-state index is 12.5. The molecule has 0 radical (unpaired) electrons. The van der Waals surface area contributed by atoms with Crippen LogP contribution in [0.25, 0.3) is 0 Å². The van der Waals surface area contributed by atoms with Crippen LogP contribution in [0, 0.1) is 12.8 Å². The third-order valence-corrected chi connectivity index (χ3v) is 6.18. The van der Waals surface area contributed by atoms with Gasteiger partial charge in [0.05, 0.1) is 10.5 Å². The van der Waals surface area contributed by atoms with E-state index >= 15 is 0 Å². The number of likely N-dealkylation sites (tertiary alicyclic amines) is 1. The number of aryl methyl sites for hydroxylation is 1. The predicted octanol–water partition coefficient (Wildman–Crippen LogP) is 3.08. The third-order valence-electron chi connectivity index (χ3n) is 5.32. The summed E-state index contributed by atoms with van der Waals surface area (Å²) in [7, 11) is 0. The van der Waals surface area contributed by atoms with Crippen molar-refractivity contribution in [2.45, 2.75) is 44.6 Å². The molecule has 1 unspecified atom stereocenters. The second-order valence-corrected chi connectivity index (χ2v) is 8.05. The van der Waals surface area contributed by atoms with E-state index in [-0.39, 0.29) is 11.5 Å². The fourth-order valence-electron chi connectivity index (χ4n) is 4.00. The van der Waals surface area contributed by atoms with Crippen LogP contribution in [0.15, 0.2) is 22.0 Å². The van der Waals surface area contributed by atoms with Crippen molar-refractivity contribution in [1.29, 1.82) is 0 Å². The van der Waals surface area contributed by atoms with E-state index in [4.69, 9.17) is 9.26 Å². The van der Waals surface area contributed by atoms with Crippen molar-refractivity contribution in [1.82, 2.24) is 15.0 Å². The van der Waals surface area contributed by atoms with E-state index < -0.39 is 0 Å². The molecule has 2 saturated heterocycles. The van der Waals surface area contributed by atoms with Gasteiger partial charge < -0.3 is 14.2 Å². The Bertz CT molecular complexity index is 720. The number of nitrogens with zero attached hydrogens (tertiary/aromatic N) is 3. The van der Waals surface area contributed by atoms with E-state index in [0.29, 0.717) is 11.7 Å². The van der Waals surface area contributed by atoms with Gasteiger partial charge in [-0.15, -0.1) is 11.3 Å². The number of aromatic nitrogens is 2. The lowest BCUT2D eigenvalue weighted by Gasteiger charge is -2.46. The first-order chi connectivity index (χ1) is 12.1. The first kappa shape index (κ1) is 16.7. The van der Waals surface area contributed by atoms with Crippen LogP contribution in [-0.2, 0) is 11.2 Å². The van der Waals surface area contributed by atoms with Crippen molar-refractivity contribution in [2.75, 3.05) is 19.7 Å². The third kappa shape index (κ3) is 3.62. The van der Waals surface area contributed by atoms with Crippen molar-refractivity contribution >= 4 is 17.2 Å². The summed E-state index contributed by atoms with van der Waals surface area (Å²) in [5.74, 6) is 2.08. The Morgan fingerprint density at radius 3 is 2.96 bits per heavy atom. The van der Waals surface area contributed by atoms with Crippen LogP contribution in [0.3, 0.4) is 0 Å². The Balaban J connectivity index is 1.36. The topological polar surface area (TPSA) is 68.5 Å². The highest BCUT2D eigenvalue weighted by Crippen LogP contribution is 2.39. The molecular weight excluding hydrogens is 338 g/mol. The average molecular weight is 361 g/mol. The highest BCUT2D eigenvalue weighted by molar-refractivity contribution is 7.12. The molecule has 2 fully saturated rings. The lowest BCUT2D eigenvalue weighted by Crippen LogP contribution is -2.50. The summed E-state index contributed by atoms with van der Waals surface area (Å²) in [6.45, 7) is 4.15. The summed E-state index contributed by atoms with van der Waals surface area (Å²) in [6.07, 6.45) is 4.67. The minimum absolute atomic E-state index is 0.0930. The lowest BCUT2D eigenvalue weighted by atomic mass is 9.78. The maximum absolute atomic E-state index is 12.5. The normalized spacial score (nSPS) is 23.1. The van der Waals surface area contributed by atoms with Gasteiger partial charge in [-0.25, -0.2) is 0 Å². The Kier molecular flexibility index (Phi) is 4.60. The molecule has 0 bridgehead atoms. The molecule has 1 spiro atoms. The Morgan fingerprint density at radius 2 is 2.28 bits per heavy atom. The van der Waals surface area contributed by atoms with Gasteiger partial charge in [-0.1, -0.05) is 11.2 Å². The fourth-order valence-corrected chi connectivity index (χ4v) is 4.69. The highest BCUT2D eigenvalue weighted by Gasteiger charge is 2.41. The van der Waals surface area contributed by atoms with Gasteiger partial charge in [0, 0.05) is 26.1 Å². The number of piperidine rings is 1. The molecule has 2 aromatic heterocycles. The van der Waals surface area contributed by atoms with Crippen molar-refractivity contribution in [2.24, 2.45) is 5.92 Å². The number of thiophene rings is 1. The second-order valence-electron chi connectivity index (χ2n) is 7.10. The average Bonchev–Trinajstić information content (AvgIpc) is 3.27. The summed E-state index contributed by atoms with van der Waals surface area (Å²) >= 11 is 1.51. The quantitative estimate of drug-likeness (QED) is 0.840. The van der Waals surface area contributed by atoms with Gasteiger partial charge in [0.25, 0.3) is 5.91 Å². The van der Waals surface area contributed by atoms with Crippen LogP contribution in [0.4, 0.5) is 0 Å². The number of rotatable bonds is 3. The van der Waals surface area contributed by atoms with Gasteiger partial charge in [-0.05, 0) is 50.0 Å². The van der Waals surface area contributed by atoms with E-state index in [9.17, 15) is 4.79 Å². The van der Waals surface area contributed by atoms with Crippen LogP contribution in [0.1, 0.15) is 47.1 Å². The van der Waals surface area contributed by atoms with E-state index in [1.54, 1.807) is 0 Å². The Hall–Kier alpha value is -1.73. The van der Waals surface area contributed by atoms with Crippen LogP contribution >= 0.6 is 11.3 Å². The lowest BCUT2D eigenvalue weighted by molar-refractivity contribution is -0.123. The molecule has 2 aromatic rings. The fraction of sp³-hybridized carbons (Fsp3) is 0.611. The standard InChI is InChI=1S/C18H23N3O3S/c1-13-19-16(24-20-13)11-14-4-9-23-18(12-14)5-7-21(8-6-18)17(22)15-3-2-10-25-15/h2-3,10,14H,4-9,11-12H2,1H3. The first-order valence-corrected chi connectivity index (χ1v) is 9.77. The van der Waals surface area contributed by atoms with Crippen LogP contribution < -0.4 is 0 Å². The molecule has 1 atom stereocenters. The number of ether oxygens (including phenoxy) is 1. The van der Waals surface area contributed by atoms with Gasteiger partial charge in [0.15, 0.2) is 5.82 Å². The molecule has 0 N–H and O–H groups in total. The smallest absolute Gasteiger partial charge is 0.263 e. The summed E-state index contributed by atoms with van der Waals surface area (Å²) in [5, 5.41) is 5.83. The maximum Gasteiger partial charge on any atom is 0.263 e. The number of hydrogen-bond acceptors (Lipinski definition) is 6. The molecule has 7 heteroatoms. The number of carbonyl (C=O) groups excluding carboxylic acids is 1. The molecule has 4 rings (SSSR count). The largest absolute Gasteiger partial charge is 0.375 e. The number of amides is 1. The molecule has 6 nitrogen and oxygen atoms in total. The SMILES string of the molecule is Cc1noc(CC2CCOC3(CCN(C(=O)c4cccs4)CC3)C2)n1. The van der Waals surface area contributed by atoms with Gasteiger partial charge >= 0.3 is 0 Å². The zero-order chi connectivity index (χ0) is 17.3. The van der Waals surface area contributed by atoms with E-state index in [1.165, 1.54) is 11.3 Å². The summed E-state index contributed by atoms with van der Waals surface area (Å²) < 4.78 is 11.5. The molecule has 25 heavy (non-hydrogen) atoms. The van der Waals surface area contributed by atoms with Crippen LogP contribution in [0.5, 0.6) is 0 Å². The molecule has 2 aliphatic heterocycles. The minimum Gasteiger partial charge on any atom is -0.375 e. The number of carbonyl (C=O) groups is 1. The van der Waals surface area contributed by atoms with Crippen molar-refractivity contribution in [3.8, 4) is 0 Å². The Labute approximate surface area is 151 Å². The van der Waals surface area contributed by atoms with Gasteiger partial charge in [0.2, 0.25) is 5.89 Å². The molecule has 2 aliphatic rings. The van der Waals surface area contributed by atoms with Crippen molar-refractivity contribution < 1.29 is 14.1 Å². The molecular formula is C18H23N3O3S. The molecule has 0 aromatic carbocycles. The summed E-state index contributed by atoms with van der Waals surface area (Å²) in [6, 6.07) is 3.83. The molecule has 0 aliphatic carbocycles. The first-order valence-electron chi connectivity index (χ1n) is 8.89. The molecule has 4 heterocycles. The summed E-state index contributed by atoms with van der Waals surface area (Å²) in [4.78, 5) is 19.6. The van der Waals surface area contributed by atoms with Crippen LogP contribution in [0.2, 0.25) is 0 Å². The van der Waals surface area contributed by atoms with Crippen LogP contribution in [-0.4, -0.2) is 46.2 Å².